The van der Waals surface area contributed by atoms with E-state index >= 15 is 0 Å². The lowest BCUT2D eigenvalue weighted by Gasteiger charge is -2.36. The lowest BCUT2D eigenvalue weighted by molar-refractivity contribution is 0.0160. The number of carbonyl (C=O) groups is 2. The molecule has 1 unspecified atom stereocenters. The highest BCUT2D eigenvalue weighted by Gasteiger charge is 2.30. The average Bonchev–Trinajstić information content (AvgIpc) is 2.36. The van der Waals surface area contributed by atoms with E-state index in [0.29, 0.717) is 12.1 Å². The molecule has 1 aromatic carbocycles. The van der Waals surface area contributed by atoms with Gasteiger partial charge in [0, 0.05) is 12.1 Å². The van der Waals surface area contributed by atoms with Gasteiger partial charge in [0.25, 0.3) is 0 Å². The quantitative estimate of drug-likeness (QED) is 0.738. The number of hydrogen-bond donors (Lipinski definition) is 0. The first-order valence-electron chi connectivity index (χ1n) is 6.89. The number of carbonyl (C=O) groups excluding carboxylic acids is 2. The molecule has 0 spiro atoms. The number of rotatable bonds is 1. The standard InChI is InChI=1S/C16H21NO3/c1-11-14-9-12(10-18)5-6-13(14)7-8-17(11)15(19)20-16(2,3)4/h5-6,9-11H,7-8H2,1-4H3. The summed E-state index contributed by atoms with van der Waals surface area (Å²) in [7, 11) is 0. The van der Waals surface area contributed by atoms with E-state index in [-0.39, 0.29) is 12.1 Å². The summed E-state index contributed by atoms with van der Waals surface area (Å²) in [6.45, 7) is 8.19. The van der Waals surface area contributed by atoms with Gasteiger partial charge in [-0.05, 0) is 51.3 Å². The summed E-state index contributed by atoms with van der Waals surface area (Å²) in [6.07, 6.45) is 1.32. The molecule has 0 aromatic heterocycles. The average molecular weight is 275 g/mol. The van der Waals surface area contributed by atoms with Crippen molar-refractivity contribution in [2.75, 3.05) is 6.54 Å². The van der Waals surface area contributed by atoms with Gasteiger partial charge in [-0.3, -0.25) is 4.79 Å². The molecule has 1 heterocycles. The smallest absolute Gasteiger partial charge is 0.410 e. The molecule has 4 heteroatoms. The Balaban J connectivity index is 2.24. The van der Waals surface area contributed by atoms with E-state index in [4.69, 9.17) is 4.74 Å². The third kappa shape index (κ3) is 3.00. The number of hydrogen-bond acceptors (Lipinski definition) is 3. The maximum absolute atomic E-state index is 12.2. The van der Waals surface area contributed by atoms with Crippen LogP contribution in [0.3, 0.4) is 0 Å². The Morgan fingerprint density at radius 2 is 2.10 bits per heavy atom. The van der Waals surface area contributed by atoms with E-state index < -0.39 is 5.60 Å². The van der Waals surface area contributed by atoms with Crippen molar-refractivity contribution in [3.05, 3.63) is 34.9 Å². The van der Waals surface area contributed by atoms with Crippen LogP contribution >= 0.6 is 0 Å². The van der Waals surface area contributed by atoms with Gasteiger partial charge in [0.15, 0.2) is 0 Å². The van der Waals surface area contributed by atoms with Crippen LogP contribution in [-0.4, -0.2) is 29.4 Å². The number of benzene rings is 1. The molecule has 0 N–H and O–H groups in total. The third-order valence-corrected chi connectivity index (χ3v) is 3.47. The zero-order valence-corrected chi connectivity index (χ0v) is 12.5. The molecule has 1 aliphatic heterocycles. The minimum absolute atomic E-state index is 0.0755. The second kappa shape index (κ2) is 5.27. The van der Waals surface area contributed by atoms with Crippen molar-refractivity contribution in [2.24, 2.45) is 0 Å². The van der Waals surface area contributed by atoms with E-state index in [1.54, 1.807) is 4.90 Å². The zero-order chi connectivity index (χ0) is 14.9. The van der Waals surface area contributed by atoms with Crippen LogP contribution in [0.5, 0.6) is 0 Å². The fraction of sp³-hybridized carbons (Fsp3) is 0.500. The monoisotopic (exact) mass is 275 g/mol. The van der Waals surface area contributed by atoms with Crippen LogP contribution in [0.25, 0.3) is 0 Å². The first-order chi connectivity index (χ1) is 9.31. The highest BCUT2D eigenvalue weighted by Crippen LogP contribution is 2.31. The van der Waals surface area contributed by atoms with Gasteiger partial charge < -0.3 is 9.64 Å². The van der Waals surface area contributed by atoms with Crippen LogP contribution in [0.2, 0.25) is 0 Å². The first-order valence-corrected chi connectivity index (χ1v) is 6.89. The second-order valence-electron chi connectivity index (χ2n) is 6.18. The van der Waals surface area contributed by atoms with Gasteiger partial charge in [0.05, 0.1) is 6.04 Å². The van der Waals surface area contributed by atoms with Crippen molar-refractivity contribution in [3.63, 3.8) is 0 Å². The maximum atomic E-state index is 12.2. The minimum Gasteiger partial charge on any atom is -0.444 e. The zero-order valence-electron chi connectivity index (χ0n) is 12.5. The molecular formula is C16H21NO3. The molecule has 0 bridgehead atoms. The Morgan fingerprint density at radius 1 is 1.40 bits per heavy atom. The summed E-state index contributed by atoms with van der Waals surface area (Å²) >= 11 is 0. The molecule has 0 radical (unpaired) electrons. The molecule has 1 amide bonds. The summed E-state index contributed by atoms with van der Waals surface area (Å²) in [5.74, 6) is 0. The Kier molecular flexibility index (Phi) is 3.84. The molecular weight excluding hydrogens is 254 g/mol. The van der Waals surface area contributed by atoms with E-state index in [2.05, 4.69) is 0 Å². The number of fused-ring (bicyclic) bond motifs is 1. The van der Waals surface area contributed by atoms with Crippen LogP contribution in [0.15, 0.2) is 18.2 Å². The molecule has 1 aromatic rings. The molecule has 108 valence electrons. The van der Waals surface area contributed by atoms with Gasteiger partial charge in [-0.15, -0.1) is 0 Å². The lowest BCUT2D eigenvalue weighted by Crippen LogP contribution is -2.42. The summed E-state index contributed by atoms with van der Waals surface area (Å²) in [4.78, 5) is 24.8. The summed E-state index contributed by atoms with van der Waals surface area (Å²) < 4.78 is 5.44. The molecule has 4 nitrogen and oxygen atoms in total. The molecule has 0 fully saturated rings. The van der Waals surface area contributed by atoms with Crippen LogP contribution in [0, 0.1) is 0 Å². The van der Waals surface area contributed by atoms with Crippen molar-refractivity contribution in [1.82, 2.24) is 4.90 Å². The fourth-order valence-electron chi connectivity index (χ4n) is 2.48. The topological polar surface area (TPSA) is 46.6 Å². The van der Waals surface area contributed by atoms with Crippen LogP contribution < -0.4 is 0 Å². The lowest BCUT2D eigenvalue weighted by atomic mass is 9.92. The maximum Gasteiger partial charge on any atom is 0.410 e. The summed E-state index contributed by atoms with van der Waals surface area (Å²) in [5.41, 5.74) is 2.37. The molecule has 1 aliphatic rings. The molecule has 1 atom stereocenters. The highest BCUT2D eigenvalue weighted by molar-refractivity contribution is 5.76. The van der Waals surface area contributed by atoms with E-state index in [0.717, 1.165) is 18.3 Å². The Morgan fingerprint density at radius 3 is 2.70 bits per heavy atom. The van der Waals surface area contributed by atoms with Crippen molar-refractivity contribution in [1.29, 1.82) is 0 Å². The Labute approximate surface area is 119 Å². The van der Waals surface area contributed by atoms with Crippen molar-refractivity contribution in [3.8, 4) is 0 Å². The predicted molar refractivity (Wildman–Crippen MR) is 76.9 cm³/mol. The molecule has 0 saturated heterocycles. The SMILES string of the molecule is CC1c2cc(C=O)ccc2CCN1C(=O)OC(C)(C)C. The van der Waals surface area contributed by atoms with Crippen molar-refractivity contribution in [2.45, 2.75) is 45.8 Å². The van der Waals surface area contributed by atoms with E-state index in [1.165, 1.54) is 5.56 Å². The van der Waals surface area contributed by atoms with Crippen LogP contribution in [-0.2, 0) is 11.2 Å². The van der Waals surface area contributed by atoms with Gasteiger partial charge in [-0.1, -0.05) is 12.1 Å². The van der Waals surface area contributed by atoms with E-state index in [9.17, 15) is 9.59 Å². The van der Waals surface area contributed by atoms with Gasteiger partial charge in [0.1, 0.15) is 11.9 Å². The van der Waals surface area contributed by atoms with Gasteiger partial charge in [-0.2, -0.15) is 0 Å². The molecule has 2 rings (SSSR count). The van der Waals surface area contributed by atoms with Crippen LogP contribution in [0.4, 0.5) is 4.79 Å². The minimum atomic E-state index is -0.498. The van der Waals surface area contributed by atoms with Gasteiger partial charge in [-0.25, -0.2) is 4.79 Å². The van der Waals surface area contributed by atoms with E-state index in [1.807, 2.05) is 45.9 Å². The fourth-order valence-corrected chi connectivity index (χ4v) is 2.48. The second-order valence-corrected chi connectivity index (χ2v) is 6.18. The van der Waals surface area contributed by atoms with Crippen LogP contribution in [0.1, 0.15) is 55.2 Å². The third-order valence-electron chi connectivity index (χ3n) is 3.47. The summed E-state index contributed by atoms with van der Waals surface area (Å²) in [5, 5.41) is 0. The number of nitrogens with zero attached hydrogens (tertiary/aromatic N) is 1. The highest BCUT2D eigenvalue weighted by atomic mass is 16.6. The Bertz CT molecular complexity index is 531. The number of aldehydes is 1. The molecule has 0 saturated carbocycles. The van der Waals surface area contributed by atoms with Gasteiger partial charge >= 0.3 is 6.09 Å². The summed E-state index contributed by atoms with van der Waals surface area (Å²) in [6, 6.07) is 5.58. The Hall–Kier alpha value is -1.84. The molecule has 20 heavy (non-hydrogen) atoms. The number of amides is 1. The largest absolute Gasteiger partial charge is 0.444 e. The molecule has 0 aliphatic carbocycles. The van der Waals surface area contributed by atoms with Crippen molar-refractivity contribution < 1.29 is 14.3 Å². The van der Waals surface area contributed by atoms with Gasteiger partial charge in [0.2, 0.25) is 0 Å². The van der Waals surface area contributed by atoms with Crippen molar-refractivity contribution >= 4 is 12.4 Å². The first kappa shape index (κ1) is 14.6. The number of ether oxygens (including phenoxy) is 1. The normalized spacial score (nSPS) is 18.4. The predicted octanol–water partition coefficient (Wildman–Crippen LogP) is 3.35.